The van der Waals surface area contributed by atoms with Gasteiger partial charge < -0.3 is 5.11 Å². The fourth-order valence-electron chi connectivity index (χ4n) is 0.667. The Morgan fingerprint density at radius 2 is 2.50 bits per heavy atom. The summed E-state index contributed by atoms with van der Waals surface area (Å²) in [5, 5.41) is 17.2. The number of carboxylic acids is 1. The van der Waals surface area contributed by atoms with Gasteiger partial charge in [0.2, 0.25) is 0 Å². The van der Waals surface area contributed by atoms with E-state index in [2.05, 4.69) is 9.97 Å². The third-order valence-corrected chi connectivity index (χ3v) is 2.20. The van der Waals surface area contributed by atoms with Crippen LogP contribution in [0.3, 0.4) is 0 Å². The number of halogens is 1. The molecular weight excluding hydrogens is 226 g/mol. The monoisotopic (exact) mass is 229 g/mol. The fraction of sp³-hybridized carbons (Fsp3) is 0.143. The van der Waals surface area contributed by atoms with Crippen molar-refractivity contribution >= 4 is 29.3 Å². The maximum absolute atomic E-state index is 10.6. The SMILES string of the molecule is N#CCSc1ncc(Cl)c(C(=O)O)n1. The normalized spacial score (nSPS) is 9.43. The Morgan fingerprint density at radius 1 is 1.79 bits per heavy atom. The first-order valence-electron chi connectivity index (χ1n) is 3.40. The minimum absolute atomic E-state index is 0.0150. The summed E-state index contributed by atoms with van der Waals surface area (Å²) < 4.78 is 0. The number of nitrogens with zero attached hydrogens (tertiary/aromatic N) is 3. The fourth-order valence-corrected chi connectivity index (χ4v) is 1.32. The second kappa shape index (κ2) is 4.79. The molecule has 0 amide bonds. The zero-order valence-electron chi connectivity index (χ0n) is 6.77. The van der Waals surface area contributed by atoms with E-state index >= 15 is 0 Å². The highest BCUT2D eigenvalue weighted by atomic mass is 35.5. The van der Waals surface area contributed by atoms with Crippen LogP contribution in [0, 0.1) is 11.3 Å². The lowest BCUT2D eigenvalue weighted by molar-refractivity contribution is 0.0689. The van der Waals surface area contributed by atoms with Gasteiger partial charge in [0.15, 0.2) is 10.9 Å². The van der Waals surface area contributed by atoms with Crippen molar-refractivity contribution in [2.75, 3.05) is 5.75 Å². The zero-order valence-corrected chi connectivity index (χ0v) is 8.34. The largest absolute Gasteiger partial charge is 0.476 e. The first-order valence-corrected chi connectivity index (χ1v) is 4.77. The van der Waals surface area contributed by atoms with Gasteiger partial charge in [0, 0.05) is 0 Å². The first kappa shape index (κ1) is 10.8. The molecule has 1 aromatic heterocycles. The van der Waals surface area contributed by atoms with Crippen molar-refractivity contribution in [3.05, 3.63) is 16.9 Å². The lowest BCUT2D eigenvalue weighted by Gasteiger charge is -1.99. The highest BCUT2D eigenvalue weighted by Gasteiger charge is 2.12. The molecule has 0 saturated heterocycles. The number of hydrogen-bond acceptors (Lipinski definition) is 5. The smallest absolute Gasteiger partial charge is 0.356 e. The molecule has 0 radical (unpaired) electrons. The van der Waals surface area contributed by atoms with Crippen molar-refractivity contribution in [2.24, 2.45) is 0 Å². The minimum Gasteiger partial charge on any atom is -0.476 e. The van der Waals surface area contributed by atoms with E-state index < -0.39 is 5.97 Å². The van der Waals surface area contributed by atoms with Crippen LogP contribution in [0.4, 0.5) is 0 Å². The van der Waals surface area contributed by atoms with Crippen molar-refractivity contribution in [2.45, 2.75) is 5.16 Å². The summed E-state index contributed by atoms with van der Waals surface area (Å²) in [4.78, 5) is 18.0. The molecule has 1 N–H and O–H groups in total. The lowest BCUT2D eigenvalue weighted by Crippen LogP contribution is -2.03. The van der Waals surface area contributed by atoms with Crippen LogP contribution in [0.1, 0.15) is 10.5 Å². The van der Waals surface area contributed by atoms with Gasteiger partial charge in [-0.3, -0.25) is 0 Å². The number of carboxylic acid groups (broad SMARTS) is 1. The molecule has 0 aromatic carbocycles. The number of hydrogen-bond donors (Lipinski definition) is 1. The molecule has 0 aliphatic carbocycles. The molecular formula is C7H4ClN3O2S. The molecule has 0 fully saturated rings. The summed E-state index contributed by atoms with van der Waals surface area (Å²) in [6.45, 7) is 0. The van der Waals surface area contributed by atoms with Crippen molar-refractivity contribution in [1.29, 1.82) is 5.26 Å². The van der Waals surface area contributed by atoms with Crippen molar-refractivity contribution < 1.29 is 9.90 Å². The van der Waals surface area contributed by atoms with Crippen LogP contribution in [-0.2, 0) is 0 Å². The van der Waals surface area contributed by atoms with Crippen LogP contribution in [-0.4, -0.2) is 26.8 Å². The molecule has 1 rings (SSSR count). The minimum atomic E-state index is -1.21. The Bertz CT molecular complexity index is 404. The second-order valence-electron chi connectivity index (χ2n) is 2.10. The molecule has 0 atom stereocenters. The predicted molar refractivity (Wildman–Crippen MR) is 50.3 cm³/mol. The van der Waals surface area contributed by atoms with Crippen LogP contribution < -0.4 is 0 Å². The van der Waals surface area contributed by atoms with Gasteiger partial charge in [-0.1, -0.05) is 23.4 Å². The summed E-state index contributed by atoms with van der Waals surface area (Å²) in [6, 6.07) is 1.88. The van der Waals surface area contributed by atoms with Gasteiger partial charge in [0.05, 0.1) is 23.0 Å². The van der Waals surface area contributed by atoms with E-state index in [4.69, 9.17) is 22.0 Å². The van der Waals surface area contributed by atoms with Gasteiger partial charge in [-0.05, 0) is 0 Å². The molecule has 1 aromatic rings. The number of rotatable bonds is 3. The molecule has 1 heterocycles. The second-order valence-corrected chi connectivity index (χ2v) is 3.45. The quantitative estimate of drug-likeness (QED) is 0.623. The molecule has 0 bridgehead atoms. The number of aromatic nitrogens is 2. The molecule has 5 nitrogen and oxygen atoms in total. The van der Waals surface area contributed by atoms with Crippen LogP contribution >= 0.6 is 23.4 Å². The number of thioether (sulfide) groups is 1. The number of aromatic carboxylic acids is 1. The van der Waals surface area contributed by atoms with E-state index in [9.17, 15) is 4.79 Å². The average molecular weight is 230 g/mol. The molecule has 7 heteroatoms. The van der Waals surface area contributed by atoms with Gasteiger partial charge in [-0.15, -0.1) is 0 Å². The van der Waals surface area contributed by atoms with Crippen LogP contribution in [0.15, 0.2) is 11.4 Å². The van der Waals surface area contributed by atoms with E-state index in [-0.39, 0.29) is 21.6 Å². The molecule has 0 unspecified atom stereocenters. The first-order chi connectivity index (χ1) is 6.65. The van der Waals surface area contributed by atoms with E-state index in [0.29, 0.717) is 0 Å². The van der Waals surface area contributed by atoms with E-state index in [0.717, 1.165) is 11.8 Å². The van der Waals surface area contributed by atoms with Crippen LogP contribution in [0.2, 0.25) is 5.02 Å². The third kappa shape index (κ3) is 2.58. The number of carbonyl (C=O) groups is 1. The van der Waals surface area contributed by atoms with E-state index in [1.807, 2.05) is 6.07 Å². The number of nitriles is 1. The van der Waals surface area contributed by atoms with E-state index in [1.165, 1.54) is 6.20 Å². The van der Waals surface area contributed by atoms with Crippen molar-refractivity contribution in [1.82, 2.24) is 9.97 Å². The summed E-state index contributed by atoms with van der Waals surface area (Å²) >= 11 is 6.60. The Kier molecular flexibility index (Phi) is 3.68. The molecule has 14 heavy (non-hydrogen) atoms. The summed E-state index contributed by atoms with van der Waals surface area (Å²) in [5.41, 5.74) is -0.248. The van der Waals surface area contributed by atoms with Gasteiger partial charge in [-0.25, -0.2) is 14.8 Å². The topological polar surface area (TPSA) is 86.9 Å². The molecule has 0 saturated carbocycles. The Morgan fingerprint density at radius 3 is 3.07 bits per heavy atom. The zero-order chi connectivity index (χ0) is 10.6. The maximum Gasteiger partial charge on any atom is 0.356 e. The van der Waals surface area contributed by atoms with Crippen LogP contribution in [0.25, 0.3) is 0 Å². The molecule has 72 valence electrons. The predicted octanol–water partition coefficient (Wildman–Crippen LogP) is 1.44. The van der Waals surface area contributed by atoms with Gasteiger partial charge >= 0.3 is 5.97 Å². The van der Waals surface area contributed by atoms with E-state index in [1.54, 1.807) is 0 Å². The Labute approximate surface area is 88.7 Å². The molecule has 0 aliphatic heterocycles. The maximum atomic E-state index is 10.6. The summed E-state index contributed by atoms with van der Waals surface area (Å²) in [5.74, 6) is -1.04. The van der Waals surface area contributed by atoms with Gasteiger partial charge in [0.1, 0.15) is 0 Å². The lowest BCUT2D eigenvalue weighted by atomic mass is 10.4. The van der Waals surface area contributed by atoms with Gasteiger partial charge in [0.25, 0.3) is 0 Å². The Hall–Kier alpha value is -1.32. The standard InChI is InChI=1S/C7H4ClN3O2S/c8-4-3-10-7(14-2-1-9)11-5(4)6(12)13/h3H,2H2,(H,12,13). The molecule has 0 spiro atoms. The highest BCUT2D eigenvalue weighted by molar-refractivity contribution is 7.99. The van der Waals surface area contributed by atoms with Crippen LogP contribution in [0.5, 0.6) is 0 Å². The Balaban J connectivity index is 2.96. The van der Waals surface area contributed by atoms with Crippen molar-refractivity contribution in [3.63, 3.8) is 0 Å². The molecule has 0 aliphatic rings. The summed E-state index contributed by atoms with van der Waals surface area (Å²) in [6.07, 6.45) is 1.21. The average Bonchev–Trinajstić information content (AvgIpc) is 2.16. The highest BCUT2D eigenvalue weighted by Crippen LogP contribution is 2.17. The van der Waals surface area contributed by atoms with Gasteiger partial charge in [-0.2, -0.15) is 5.26 Å². The summed E-state index contributed by atoms with van der Waals surface area (Å²) in [7, 11) is 0. The van der Waals surface area contributed by atoms with Crippen molar-refractivity contribution in [3.8, 4) is 6.07 Å². The third-order valence-electron chi connectivity index (χ3n) is 1.19.